The summed E-state index contributed by atoms with van der Waals surface area (Å²) in [5.41, 5.74) is 8.77. The Labute approximate surface area is 130 Å². The van der Waals surface area contributed by atoms with E-state index in [4.69, 9.17) is 5.73 Å². The van der Waals surface area contributed by atoms with Crippen LogP contribution in [0.4, 0.5) is 5.69 Å². The topological polar surface area (TPSA) is 67.6 Å². The number of aromatic nitrogens is 2. The molecule has 2 N–H and O–H groups in total. The Hall–Kier alpha value is -2.58. The van der Waals surface area contributed by atoms with Gasteiger partial charge in [-0.3, -0.25) is 4.57 Å². The third-order valence-corrected chi connectivity index (χ3v) is 3.81. The molecule has 0 fully saturated rings. The van der Waals surface area contributed by atoms with Crippen LogP contribution in [0.2, 0.25) is 0 Å². The molecule has 0 saturated heterocycles. The normalized spacial score (nSPS) is 10.3. The zero-order valence-corrected chi connectivity index (χ0v) is 12.6. The predicted molar refractivity (Wildman–Crippen MR) is 85.8 cm³/mol. The number of benzene rings is 2. The Morgan fingerprint density at radius 2 is 2.00 bits per heavy atom. The van der Waals surface area contributed by atoms with Crippen molar-refractivity contribution in [3.05, 3.63) is 64.9 Å². The molecular weight excluding hydrogens is 328 g/mol. The molecule has 0 bridgehead atoms. The van der Waals surface area contributed by atoms with Crippen LogP contribution in [0, 0.1) is 11.3 Å². The monoisotopic (exact) mass is 338 g/mol. The van der Waals surface area contributed by atoms with E-state index in [0.717, 1.165) is 21.5 Å². The van der Waals surface area contributed by atoms with Crippen molar-refractivity contribution in [2.45, 2.75) is 0 Å². The maximum Gasteiger partial charge on any atom is 0.144 e. The van der Waals surface area contributed by atoms with Gasteiger partial charge in [0.05, 0.1) is 11.3 Å². The van der Waals surface area contributed by atoms with E-state index in [0.29, 0.717) is 11.3 Å². The summed E-state index contributed by atoms with van der Waals surface area (Å²) in [5.74, 6) is 0.747. The quantitative estimate of drug-likeness (QED) is 0.723. The molecule has 0 spiro atoms. The lowest BCUT2D eigenvalue weighted by molar-refractivity contribution is 1.06. The van der Waals surface area contributed by atoms with Crippen molar-refractivity contribution in [3.63, 3.8) is 0 Å². The lowest BCUT2D eigenvalue weighted by Crippen LogP contribution is -2.00. The molecule has 0 amide bonds. The fourth-order valence-corrected chi connectivity index (χ4v) is 2.66. The van der Waals surface area contributed by atoms with Gasteiger partial charge in [-0.2, -0.15) is 5.26 Å². The van der Waals surface area contributed by atoms with Crippen LogP contribution < -0.4 is 5.73 Å². The maximum absolute atomic E-state index is 9.37. The largest absolute Gasteiger partial charge is 0.399 e. The number of nitriles is 1. The molecule has 2 aromatic carbocycles. The molecule has 1 heterocycles. The fraction of sp³-hybridized carbons (Fsp3) is 0. The Morgan fingerprint density at radius 3 is 2.76 bits per heavy atom. The van der Waals surface area contributed by atoms with Crippen LogP contribution in [0.25, 0.3) is 17.1 Å². The zero-order chi connectivity index (χ0) is 14.8. The molecule has 0 radical (unpaired) electrons. The van der Waals surface area contributed by atoms with Crippen LogP contribution in [0.1, 0.15) is 5.56 Å². The van der Waals surface area contributed by atoms with Crippen molar-refractivity contribution < 1.29 is 0 Å². The summed E-state index contributed by atoms with van der Waals surface area (Å²) in [7, 11) is 0. The highest BCUT2D eigenvalue weighted by atomic mass is 79.9. The summed E-state index contributed by atoms with van der Waals surface area (Å²) in [6.07, 6.45) is 3.54. The first-order valence-electron chi connectivity index (χ1n) is 6.29. The summed E-state index contributed by atoms with van der Waals surface area (Å²) >= 11 is 3.41. The van der Waals surface area contributed by atoms with Crippen molar-refractivity contribution in [1.82, 2.24) is 9.55 Å². The molecular formula is C16H11BrN4. The molecule has 21 heavy (non-hydrogen) atoms. The summed E-state index contributed by atoms with van der Waals surface area (Å²) in [4.78, 5) is 4.39. The average Bonchev–Trinajstić information content (AvgIpc) is 2.96. The van der Waals surface area contributed by atoms with Crippen molar-refractivity contribution in [2.24, 2.45) is 0 Å². The number of halogens is 1. The van der Waals surface area contributed by atoms with Crippen LogP contribution in [0.15, 0.2) is 59.3 Å². The highest BCUT2D eigenvalue weighted by molar-refractivity contribution is 9.10. The minimum atomic E-state index is 0.570. The minimum Gasteiger partial charge on any atom is -0.399 e. The van der Waals surface area contributed by atoms with Crippen molar-refractivity contribution in [1.29, 1.82) is 5.26 Å². The Morgan fingerprint density at radius 1 is 1.19 bits per heavy atom. The van der Waals surface area contributed by atoms with Crippen LogP contribution in [0.5, 0.6) is 0 Å². The molecule has 5 heteroatoms. The number of nitrogen functional groups attached to an aromatic ring is 1. The second kappa shape index (κ2) is 5.43. The van der Waals surface area contributed by atoms with Gasteiger partial charge >= 0.3 is 0 Å². The third kappa shape index (κ3) is 2.41. The van der Waals surface area contributed by atoms with Gasteiger partial charge < -0.3 is 5.73 Å². The number of hydrogen-bond donors (Lipinski definition) is 1. The van der Waals surface area contributed by atoms with Crippen LogP contribution in [-0.4, -0.2) is 9.55 Å². The van der Waals surface area contributed by atoms with E-state index in [2.05, 4.69) is 27.0 Å². The molecule has 3 rings (SSSR count). The second-order valence-corrected chi connectivity index (χ2v) is 5.35. The van der Waals surface area contributed by atoms with E-state index in [1.54, 1.807) is 6.20 Å². The van der Waals surface area contributed by atoms with Crippen LogP contribution in [-0.2, 0) is 0 Å². The zero-order valence-electron chi connectivity index (χ0n) is 11.0. The highest BCUT2D eigenvalue weighted by Gasteiger charge is 2.13. The standard InChI is InChI=1S/C16H11BrN4/c17-14-5-2-6-15(13(14)10-18)21-8-7-20-16(21)11-3-1-4-12(19)9-11/h1-9H,19H2. The SMILES string of the molecule is N#Cc1c(Br)cccc1-n1ccnc1-c1cccc(N)c1. The van der Waals surface area contributed by atoms with E-state index in [1.165, 1.54) is 0 Å². The van der Waals surface area contributed by atoms with Crippen LogP contribution >= 0.6 is 15.9 Å². The molecule has 4 nitrogen and oxygen atoms in total. The lowest BCUT2D eigenvalue weighted by Gasteiger charge is -2.11. The molecule has 1 aromatic heterocycles. The van der Waals surface area contributed by atoms with Gasteiger partial charge in [0.15, 0.2) is 0 Å². The van der Waals surface area contributed by atoms with E-state index < -0.39 is 0 Å². The van der Waals surface area contributed by atoms with Gasteiger partial charge in [-0.25, -0.2) is 4.98 Å². The number of anilines is 1. The van der Waals surface area contributed by atoms with Gasteiger partial charge in [0.1, 0.15) is 11.9 Å². The minimum absolute atomic E-state index is 0.570. The molecule has 3 aromatic rings. The molecule has 0 saturated carbocycles. The first kappa shape index (κ1) is 13.4. The molecule has 0 atom stereocenters. The maximum atomic E-state index is 9.37. The summed E-state index contributed by atoms with van der Waals surface area (Å²) in [6.45, 7) is 0. The van der Waals surface area contributed by atoms with Gasteiger partial charge in [-0.1, -0.05) is 18.2 Å². The molecule has 0 aliphatic heterocycles. The number of imidazole rings is 1. The van der Waals surface area contributed by atoms with E-state index in [9.17, 15) is 5.26 Å². The van der Waals surface area contributed by atoms with Crippen molar-refractivity contribution in [3.8, 4) is 23.1 Å². The summed E-state index contributed by atoms with van der Waals surface area (Å²) in [5, 5.41) is 9.37. The predicted octanol–water partition coefficient (Wildman–Crippen LogP) is 3.76. The smallest absolute Gasteiger partial charge is 0.144 e. The Kier molecular flexibility index (Phi) is 3.46. The Bertz CT molecular complexity index is 845. The summed E-state index contributed by atoms with van der Waals surface area (Å²) in [6, 6.07) is 15.4. The number of nitrogens with two attached hydrogens (primary N) is 1. The van der Waals surface area contributed by atoms with Gasteiger partial charge in [-0.05, 0) is 40.2 Å². The highest BCUT2D eigenvalue weighted by Crippen LogP contribution is 2.28. The van der Waals surface area contributed by atoms with Crippen molar-refractivity contribution >= 4 is 21.6 Å². The van der Waals surface area contributed by atoms with E-state index >= 15 is 0 Å². The molecule has 0 aliphatic rings. The number of hydrogen-bond acceptors (Lipinski definition) is 3. The van der Waals surface area contributed by atoms with Gasteiger partial charge in [-0.15, -0.1) is 0 Å². The first-order valence-corrected chi connectivity index (χ1v) is 7.08. The van der Waals surface area contributed by atoms with Gasteiger partial charge in [0.25, 0.3) is 0 Å². The fourth-order valence-electron chi connectivity index (χ4n) is 2.21. The second-order valence-electron chi connectivity index (χ2n) is 4.49. The van der Waals surface area contributed by atoms with Crippen molar-refractivity contribution in [2.75, 3.05) is 5.73 Å². The molecule has 102 valence electrons. The van der Waals surface area contributed by atoms with Gasteiger partial charge in [0.2, 0.25) is 0 Å². The number of rotatable bonds is 2. The Balaban J connectivity index is 2.21. The lowest BCUT2D eigenvalue weighted by atomic mass is 10.1. The van der Waals surface area contributed by atoms with E-state index in [1.807, 2.05) is 53.2 Å². The third-order valence-electron chi connectivity index (χ3n) is 3.15. The number of nitrogens with zero attached hydrogens (tertiary/aromatic N) is 3. The first-order chi connectivity index (χ1) is 10.2. The average molecular weight is 339 g/mol. The van der Waals surface area contributed by atoms with Gasteiger partial charge in [0, 0.05) is 28.1 Å². The molecule has 0 aliphatic carbocycles. The molecule has 0 unspecified atom stereocenters. The summed E-state index contributed by atoms with van der Waals surface area (Å²) < 4.78 is 2.65. The van der Waals surface area contributed by atoms with E-state index in [-0.39, 0.29) is 0 Å². The van der Waals surface area contributed by atoms with Crippen LogP contribution in [0.3, 0.4) is 0 Å².